The zero-order valence-corrected chi connectivity index (χ0v) is 13.4. The summed E-state index contributed by atoms with van der Waals surface area (Å²) in [4.78, 5) is 30.9. The number of thiophene rings is 1. The van der Waals surface area contributed by atoms with Crippen molar-refractivity contribution in [1.82, 2.24) is 20.6 Å². The number of amides is 1. The normalized spacial score (nSPS) is 13.3. The van der Waals surface area contributed by atoms with Gasteiger partial charge in [-0.25, -0.2) is 4.98 Å². The van der Waals surface area contributed by atoms with Gasteiger partial charge in [0.25, 0.3) is 5.56 Å². The van der Waals surface area contributed by atoms with Crippen LogP contribution in [0.15, 0.2) is 16.2 Å². The van der Waals surface area contributed by atoms with Gasteiger partial charge in [0.2, 0.25) is 5.91 Å². The average molecular weight is 308 g/mol. The largest absolute Gasteiger partial charge is 0.350 e. The van der Waals surface area contributed by atoms with E-state index in [9.17, 15) is 9.59 Å². The van der Waals surface area contributed by atoms with Crippen molar-refractivity contribution < 1.29 is 4.79 Å². The second kappa shape index (κ2) is 5.95. The Kier molecular flexibility index (Phi) is 4.43. The van der Waals surface area contributed by atoms with E-state index >= 15 is 0 Å². The van der Waals surface area contributed by atoms with Crippen LogP contribution in [0.5, 0.6) is 0 Å². The predicted octanol–water partition coefficient (Wildman–Crippen LogP) is 1.38. The molecule has 1 unspecified atom stereocenters. The number of nitrogens with zero attached hydrogens (tertiary/aromatic N) is 1. The van der Waals surface area contributed by atoms with Crippen LogP contribution >= 0.6 is 11.3 Å². The SMILES string of the molecule is CC(NCc1nc2ccsc2c(=O)[nH]1)C(=O)NC(C)(C)C. The Morgan fingerprint density at radius 3 is 2.86 bits per heavy atom. The zero-order valence-electron chi connectivity index (χ0n) is 12.6. The van der Waals surface area contributed by atoms with E-state index in [0.717, 1.165) is 0 Å². The lowest BCUT2D eigenvalue weighted by atomic mass is 10.1. The highest BCUT2D eigenvalue weighted by atomic mass is 32.1. The fourth-order valence-electron chi connectivity index (χ4n) is 1.83. The molecule has 114 valence electrons. The number of rotatable bonds is 4. The predicted molar refractivity (Wildman–Crippen MR) is 84.4 cm³/mol. The standard InChI is InChI=1S/C14H20N4O2S/c1-8(12(19)18-14(2,3)4)15-7-10-16-9-5-6-21-11(9)13(20)17-10/h5-6,8,15H,7H2,1-4H3,(H,18,19)(H,16,17,20). The van der Waals surface area contributed by atoms with Gasteiger partial charge >= 0.3 is 0 Å². The first-order valence-electron chi connectivity index (χ1n) is 6.78. The van der Waals surface area contributed by atoms with Crippen molar-refractivity contribution in [3.05, 3.63) is 27.6 Å². The molecule has 1 amide bonds. The maximum Gasteiger partial charge on any atom is 0.268 e. The number of H-pyrrole nitrogens is 1. The highest BCUT2D eigenvalue weighted by Gasteiger charge is 2.19. The Morgan fingerprint density at radius 1 is 1.48 bits per heavy atom. The molecule has 0 saturated heterocycles. The number of aromatic nitrogens is 2. The number of carbonyl (C=O) groups excluding carboxylic acids is 1. The number of fused-ring (bicyclic) bond motifs is 1. The van der Waals surface area contributed by atoms with Gasteiger partial charge in [-0.15, -0.1) is 11.3 Å². The molecule has 0 aromatic carbocycles. The van der Waals surface area contributed by atoms with E-state index in [4.69, 9.17) is 0 Å². The fourth-order valence-corrected chi connectivity index (χ4v) is 2.55. The van der Waals surface area contributed by atoms with Crippen LogP contribution in [-0.4, -0.2) is 27.5 Å². The van der Waals surface area contributed by atoms with Crippen LogP contribution in [0.25, 0.3) is 10.2 Å². The second-order valence-electron chi connectivity index (χ2n) is 5.99. The van der Waals surface area contributed by atoms with Gasteiger partial charge in [0.05, 0.1) is 18.1 Å². The molecule has 0 saturated carbocycles. The highest BCUT2D eigenvalue weighted by molar-refractivity contribution is 7.17. The number of nitrogens with one attached hydrogen (secondary N) is 3. The molecule has 3 N–H and O–H groups in total. The van der Waals surface area contributed by atoms with Gasteiger partial charge in [-0.05, 0) is 39.1 Å². The minimum atomic E-state index is -0.368. The average Bonchev–Trinajstić information content (AvgIpc) is 2.82. The first kappa shape index (κ1) is 15.7. The molecule has 6 nitrogen and oxygen atoms in total. The molecule has 0 aliphatic heterocycles. The molecule has 0 fully saturated rings. The Hall–Kier alpha value is -1.73. The van der Waals surface area contributed by atoms with E-state index < -0.39 is 0 Å². The summed E-state index contributed by atoms with van der Waals surface area (Å²) in [6.45, 7) is 7.91. The van der Waals surface area contributed by atoms with Crippen LogP contribution in [0, 0.1) is 0 Å². The summed E-state index contributed by atoms with van der Waals surface area (Å²) in [7, 11) is 0. The smallest absolute Gasteiger partial charge is 0.268 e. The van der Waals surface area contributed by atoms with Crippen molar-refractivity contribution in [2.24, 2.45) is 0 Å². The lowest BCUT2D eigenvalue weighted by Gasteiger charge is -2.23. The molecule has 0 aliphatic rings. The van der Waals surface area contributed by atoms with Crippen LogP contribution in [0.1, 0.15) is 33.5 Å². The summed E-state index contributed by atoms with van der Waals surface area (Å²) >= 11 is 1.37. The molecule has 2 aromatic heterocycles. The summed E-state index contributed by atoms with van der Waals surface area (Å²) in [6.07, 6.45) is 0. The lowest BCUT2D eigenvalue weighted by Crippen LogP contribution is -2.49. The molecule has 2 aromatic rings. The number of hydrogen-bond donors (Lipinski definition) is 3. The lowest BCUT2D eigenvalue weighted by molar-refractivity contribution is -0.124. The first-order valence-corrected chi connectivity index (χ1v) is 7.66. The second-order valence-corrected chi connectivity index (χ2v) is 6.91. The van der Waals surface area contributed by atoms with Gasteiger partial charge in [-0.1, -0.05) is 0 Å². The van der Waals surface area contributed by atoms with Crippen LogP contribution in [-0.2, 0) is 11.3 Å². The van der Waals surface area contributed by atoms with Gasteiger partial charge in [0, 0.05) is 5.54 Å². The van der Waals surface area contributed by atoms with E-state index in [-0.39, 0.29) is 23.0 Å². The Bertz CT molecular complexity index is 699. The zero-order chi connectivity index (χ0) is 15.6. The maximum absolute atomic E-state index is 12.0. The van der Waals surface area contributed by atoms with E-state index in [0.29, 0.717) is 22.6 Å². The van der Waals surface area contributed by atoms with E-state index in [1.807, 2.05) is 32.2 Å². The summed E-state index contributed by atoms with van der Waals surface area (Å²) in [5.41, 5.74) is 0.278. The number of carbonyl (C=O) groups is 1. The molecule has 21 heavy (non-hydrogen) atoms. The fraction of sp³-hybridized carbons (Fsp3) is 0.500. The van der Waals surface area contributed by atoms with Gasteiger partial charge in [-0.2, -0.15) is 0 Å². The molecular weight excluding hydrogens is 288 g/mol. The summed E-state index contributed by atoms with van der Waals surface area (Å²) in [5, 5.41) is 7.80. The minimum Gasteiger partial charge on any atom is -0.350 e. The summed E-state index contributed by atoms with van der Waals surface area (Å²) in [5.74, 6) is 0.447. The van der Waals surface area contributed by atoms with Gasteiger partial charge in [0.1, 0.15) is 10.5 Å². The molecule has 0 bridgehead atoms. The molecule has 1 atom stereocenters. The van der Waals surface area contributed by atoms with Gasteiger partial charge < -0.3 is 10.3 Å². The van der Waals surface area contributed by atoms with Crippen molar-refractivity contribution >= 4 is 27.5 Å². The molecule has 0 radical (unpaired) electrons. The third-order valence-corrected chi connectivity index (χ3v) is 3.73. The van der Waals surface area contributed by atoms with Crippen molar-refractivity contribution in [3.63, 3.8) is 0 Å². The van der Waals surface area contributed by atoms with E-state index in [1.54, 1.807) is 6.92 Å². The molecular formula is C14H20N4O2S. The van der Waals surface area contributed by atoms with Crippen LogP contribution in [0.2, 0.25) is 0 Å². The van der Waals surface area contributed by atoms with Crippen molar-refractivity contribution in [2.75, 3.05) is 0 Å². The van der Waals surface area contributed by atoms with Gasteiger partial charge in [0.15, 0.2) is 0 Å². The monoisotopic (exact) mass is 308 g/mol. The van der Waals surface area contributed by atoms with Gasteiger partial charge in [-0.3, -0.25) is 14.9 Å². The minimum absolute atomic E-state index is 0.0820. The molecule has 2 rings (SSSR count). The third kappa shape index (κ3) is 4.12. The third-order valence-electron chi connectivity index (χ3n) is 2.83. The Balaban J connectivity index is 2.01. The Labute approximate surface area is 127 Å². The number of hydrogen-bond acceptors (Lipinski definition) is 5. The summed E-state index contributed by atoms with van der Waals surface area (Å²) < 4.78 is 0.622. The van der Waals surface area contributed by atoms with Crippen LogP contribution in [0.4, 0.5) is 0 Å². The molecule has 0 aliphatic carbocycles. The quantitative estimate of drug-likeness (QED) is 0.796. The molecule has 0 spiro atoms. The van der Waals surface area contributed by atoms with Crippen LogP contribution in [0.3, 0.4) is 0 Å². The van der Waals surface area contributed by atoms with Crippen molar-refractivity contribution in [2.45, 2.75) is 45.8 Å². The van der Waals surface area contributed by atoms with Crippen molar-refractivity contribution in [3.8, 4) is 0 Å². The topological polar surface area (TPSA) is 86.9 Å². The van der Waals surface area contributed by atoms with Crippen molar-refractivity contribution in [1.29, 1.82) is 0 Å². The number of aromatic amines is 1. The Morgan fingerprint density at radius 2 is 2.19 bits per heavy atom. The molecule has 7 heteroatoms. The highest BCUT2D eigenvalue weighted by Crippen LogP contribution is 2.13. The summed E-state index contributed by atoms with van der Waals surface area (Å²) in [6, 6.07) is 1.45. The van der Waals surface area contributed by atoms with E-state index in [2.05, 4.69) is 20.6 Å². The first-order chi connectivity index (χ1) is 9.76. The van der Waals surface area contributed by atoms with Crippen LogP contribution < -0.4 is 16.2 Å². The maximum atomic E-state index is 12.0. The molecule has 2 heterocycles. The van der Waals surface area contributed by atoms with E-state index in [1.165, 1.54) is 11.3 Å².